The molecule has 0 aliphatic carbocycles. The minimum Gasteiger partial charge on any atom is -0.464 e. The standard InChI is InChI=1S/CH3NO2S2.Cu/c3-1(4)2(5)6;/h5-6H,(H,3,4);. The van der Waals surface area contributed by atoms with Crippen molar-refractivity contribution in [3.8, 4) is 0 Å². The normalized spacial score (nSPS) is 6.57. The first kappa shape index (κ1) is 10.5. The predicted octanol–water partition coefficient (Wildman–Crippen LogP) is 0.653. The van der Waals surface area contributed by atoms with Crippen LogP contribution in [0, 0.1) is 0 Å². The summed E-state index contributed by atoms with van der Waals surface area (Å²) in [5.41, 5.74) is 0. The minimum atomic E-state index is -1.18. The van der Waals surface area contributed by atoms with E-state index >= 15 is 0 Å². The fourth-order valence-corrected chi connectivity index (χ4v) is 0. The maximum absolute atomic E-state index is 9.47. The van der Waals surface area contributed by atoms with Gasteiger partial charge in [-0.2, -0.15) is 3.71 Å². The van der Waals surface area contributed by atoms with Gasteiger partial charge in [-0.3, -0.25) is 0 Å². The van der Waals surface area contributed by atoms with Crippen LogP contribution in [-0.2, 0) is 17.1 Å². The second-order valence-corrected chi connectivity index (χ2v) is 1.69. The summed E-state index contributed by atoms with van der Waals surface area (Å²) in [5.74, 6) is 0. The molecule has 0 aromatic rings. The van der Waals surface area contributed by atoms with E-state index in [9.17, 15) is 4.79 Å². The number of rotatable bonds is 0. The van der Waals surface area contributed by atoms with Crippen LogP contribution in [0.2, 0.25) is 0 Å². The third kappa shape index (κ3) is 6.49. The van der Waals surface area contributed by atoms with E-state index in [-0.39, 0.29) is 17.1 Å². The van der Waals surface area contributed by atoms with Crippen molar-refractivity contribution in [3.63, 3.8) is 0 Å². The molecule has 0 saturated carbocycles. The zero-order valence-electron chi connectivity index (χ0n) is 3.00. The van der Waals surface area contributed by atoms with E-state index in [0.29, 0.717) is 3.71 Å². The van der Waals surface area contributed by atoms with Gasteiger partial charge in [0.25, 0.3) is 0 Å². The molecule has 1 N–H and O–H groups in total. The average molecular weight is 189 g/mol. The summed E-state index contributed by atoms with van der Waals surface area (Å²) in [6.45, 7) is 0. The Morgan fingerprint density at radius 2 is 1.71 bits per heavy atom. The predicted molar refractivity (Wildman–Crippen MR) is 27.8 cm³/mol. The molecule has 0 fully saturated rings. The van der Waals surface area contributed by atoms with E-state index in [1.165, 1.54) is 0 Å². The SMILES string of the molecule is O=C(O)N(S)S.[Cu]. The topological polar surface area (TPSA) is 40.5 Å². The van der Waals surface area contributed by atoms with Gasteiger partial charge in [-0.15, -0.1) is 0 Å². The van der Waals surface area contributed by atoms with E-state index in [0.717, 1.165) is 0 Å². The number of carboxylic acid groups (broad SMARTS) is 1. The molecule has 0 spiro atoms. The van der Waals surface area contributed by atoms with Crippen molar-refractivity contribution in [2.24, 2.45) is 0 Å². The van der Waals surface area contributed by atoms with E-state index in [1.54, 1.807) is 0 Å². The van der Waals surface area contributed by atoms with Crippen LogP contribution in [0.25, 0.3) is 0 Å². The van der Waals surface area contributed by atoms with Gasteiger partial charge < -0.3 is 5.11 Å². The molecule has 0 aromatic carbocycles. The molecule has 7 heavy (non-hydrogen) atoms. The molecule has 6 heteroatoms. The van der Waals surface area contributed by atoms with Crippen LogP contribution in [-0.4, -0.2) is 14.9 Å². The Balaban J connectivity index is 0. The summed E-state index contributed by atoms with van der Waals surface area (Å²) in [5, 5.41) is 7.76. The summed E-state index contributed by atoms with van der Waals surface area (Å²) in [6, 6.07) is 0. The van der Waals surface area contributed by atoms with Gasteiger partial charge in [0.1, 0.15) is 0 Å². The third-order valence-corrected chi connectivity index (χ3v) is 0.513. The van der Waals surface area contributed by atoms with Gasteiger partial charge in [0.05, 0.1) is 0 Å². The van der Waals surface area contributed by atoms with E-state index in [2.05, 4.69) is 25.6 Å². The molecule has 0 aromatic heterocycles. The minimum absolute atomic E-state index is 0. The zero-order valence-corrected chi connectivity index (χ0v) is 5.73. The largest absolute Gasteiger partial charge is 0.464 e. The molecule has 0 atom stereocenters. The number of carbonyl (C=O) groups is 1. The van der Waals surface area contributed by atoms with Crippen LogP contribution in [0.5, 0.6) is 0 Å². The molecule has 0 heterocycles. The average Bonchev–Trinajstić information content (AvgIpc) is 1.36. The Morgan fingerprint density at radius 3 is 1.71 bits per heavy atom. The zero-order chi connectivity index (χ0) is 5.15. The third-order valence-electron chi connectivity index (χ3n) is 0.171. The van der Waals surface area contributed by atoms with E-state index < -0.39 is 6.09 Å². The Labute approximate surface area is 62.6 Å². The maximum Gasteiger partial charge on any atom is 0.427 e. The monoisotopic (exact) mass is 188 g/mol. The van der Waals surface area contributed by atoms with Crippen LogP contribution in [0.1, 0.15) is 0 Å². The molecule has 1 amide bonds. The number of nitrogens with zero attached hydrogens (tertiary/aromatic N) is 1. The van der Waals surface area contributed by atoms with Crippen LogP contribution in [0.4, 0.5) is 4.79 Å². The van der Waals surface area contributed by atoms with Crippen molar-refractivity contribution in [2.75, 3.05) is 0 Å². The van der Waals surface area contributed by atoms with Gasteiger partial charge in [-0.1, -0.05) is 0 Å². The van der Waals surface area contributed by atoms with Gasteiger partial charge in [0.15, 0.2) is 0 Å². The molecule has 0 aliphatic rings. The second-order valence-electron chi connectivity index (χ2n) is 0.572. The van der Waals surface area contributed by atoms with Crippen LogP contribution in [0.3, 0.4) is 0 Å². The van der Waals surface area contributed by atoms with Gasteiger partial charge >= 0.3 is 6.09 Å². The van der Waals surface area contributed by atoms with Crippen LogP contribution < -0.4 is 0 Å². The maximum atomic E-state index is 9.47. The van der Waals surface area contributed by atoms with Gasteiger partial charge in [0.2, 0.25) is 0 Å². The molecule has 47 valence electrons. The molecule has 3 nitrogen and oxygen atoms in total. The first-order chi connectivity index (χ1) is 2.64. The number of amides is 1. The number of thiol groups is 2. The van der Waals surface area contributed by atoms with Crippen molar-refractivity contribution >= 4 is 31.7 Å². The molecular weight excluding hydrogens is 186 g/mol. The van der Waals surface area contributed by atoms with Crippen LogP contribution >= 0.6 is 25.6 Å². The van der Waals surface area contributed by atoms with Gasteiger partial charge in [-0.25, -0.2) is 4.79 Å². The molecule has 0 unspecified atom stereocenters. The molecule has 0 aliphatic heterocycles. The number of hydrogen-bond donors (Lipinski definition) is 3. The summed E-state index contributed by atoms with van der Waals surface area (Å²) in [6.07, 6.45) is -1.18. The molecular formula is CH3CuNO2S2. The fraction of sp³-hybridized carbons (Fsp3) is 0. The van der Waals surface area contributed by atoms with E-state index in [1.807, 2.05) is 0 Å². The Kier molecular flexibility index (Phi) is 6.94. The molecule has 0 rings (SSSR count). The smallest absolute Gasteiger partial charge is 0.427 e. The van der Waals surface area contributed by atoms with Crippen molar-refractivity contribution in [2.45, 2.75) is 0 Å². The Bertz CT molecular complexity index is 66.7. The van der Waals surface area contributed by atoms with Gasteiger partial charge in [0, 0.05) is 17.1 Å². The summed E-state index contributed by atoms with van der Waals surface area (Å²) >= 11 is 6.58. The Morgan fingerprint density at radius 1 is 1.57 bits per heavy atom. The fourth-order valence-electron chi connectivity index (χ4n) is 0. The summed E-state index contributed by atoms with van der Waals surface area (Å²) < 4.78 is 0.472. The van der Waals surface area contributed by atoms with Gasteiger partial charge in [-0.05, 0) is 25.6 Å². The molecule has 0 saturated heterocycles. The van der Waals surface area contributed by atoms with Crippen LogP contribution in [0.15, 0.2) is 0 Å². The summed E-state index contributed by atoms with van der Waals surface area (Å²) in [4.78, 5) is 9.47. The van der Waals surface area contributed by atoms with Crippen molar-refractivity contribution in [1.29, 1.82) is 0 Å². The second kappa shape index (κ2) is 4.64. The first-order valence-electron chi connectivity index (χ1n) is 1.05. The summed E-state index contributed by atoms with van der Waals surface area (Å²) in [7, 11) is 0. The van der Waals surface area contributed by atoms with Crippen molar-refractivity contribution in [1.82, 2.24) is 3.71 Å². The quantitative estimate of drug-likeness (QED) is 0.386. The number of hydrogen-bond acceptors (Lipinski definition) is 3. The molecule has 0 bridgehead atoms. The first-order valence-corrected chi connectivity index (χ1v) is 1.85. The molecule has 1 radical (unpaired) electrons. The Hall–Kier alpha value is 0.489. The van der Waals surface area contributed by atoms with E-state index in [4.69, 9.17) is 5.11 Å². The van der Waals surface area contributed by atoms with Crippen molar-refractivity contribution in [3.05, 3.63) is 0 Å². The van der Waals surface area contributed by atoms with Crippen molar-refractivity contribution < 1.29 is 27.0 Å².